The first-order valence-electron chi connectivity index (χ1n) is 13.3. The normalized spacial score (nSPS) is 32.5. The van der Waals surface area contributed by atoms with Crippen molar-refractivity contribution in [2.75, 3.05) is 13.7 Å². The highest BCUT2D eigenvalue weighted by atomic mass is 35.5. The van der Waals surface area contributed by atoms with Gasteiger partial charge >= 0.3 is 0 Å². The van der Waals surface area contributed by atoms with Crippen molar-refractivity contribution in [1.82, 2.24) is 10.6 Å². The Kier molecular flexibility index (Phi) is 7.95. The zero-order valence-electron chi connectivity index (χ0n) is 20.5. The van der Waals surface area contributed by atoms with Gasteiger partial charge in [-0.2, -0.15) is 0 Å². The van der Waals surface area contributed by atoms with E-state index < -0.39 is 0 Å². The molecule has 0 spiro atoms. The molecule has 0 heterocycles. The molecule has 0 aromatic heterocycles. The Bertz CT molecular complexity index is 777. The van der Waals surface area contributed by atoms with E-state index in [1.165, 1.54) is 36.8 Å². The van der Waals surface area contributed by atoms with Gasteiger partial charge in [-0.05, 0) is 112 Å². The van der Waals surface area contributed by atoms with Gasteiger partial charge in [0.15, 0.2) is 0 Å². The van der Waals surface area contributed by atoms with Crippen LogP contribution in [0.2, 0.25) is 0 Å². The van der Waals surface area contributed by atoms with Crippen LogP contribution in [0.3, 0.4) is 0 Å². The van der Waals surface area contributed by atoms with Gasteiger partial charge < -0.3 is 15.4 Å². The molecule has 2 atom stereocenters. The van der Waals surface area contributed by atoms with Crippen molar-refractivity contribution in [3.8, 4) is 5.75 Å². The molecular weight excluding hydrogens is 432 g/mol. The molecule has 4 nitrogen and oxygen atoms in total. The second kappa shape index (κ2) is 10.6. The Morgan fingerprint density at radius 3 is 2.48 bits per heavy atom. The van der Waals surface area contributed by atoms with Crippen LogP contribution in [-0.4, -0.2) is 31.6 Å². The second-order valence-electron chi connectivity index (χ2n) is 11.4. The highest BCUT2D eigenvalue weighted by Crippen LogP contribution is 2.60. The molecule has 1 amide bonds. The molecule has 6 rings (SSSR count). The summed E-state index contributed by atoms with van der Waals surface area (Å²) in [6.07, 6.45) is 14.4. The summed E-state index contributed by atoms with van der Waals surface area (Å²) in [6, 6.07) is 7.49. The van der Waals surface area contributed by atoms with E-state index in [4.69, 9.17) is 4.74 Å². The predicted octanol–water partition coefficient (Wildman–Crippen LogP) is 5.46. The molecule has 0 aliphatic heterocycles. The van der Waals surface area contributed by atoms with E-state index in [-0.39, 0.29) is 17.8 Å². The molecule has 4 bridgehead atoms. The van der Waals surface area contributed by atoms with Gasteiger partial charge in [0.25, 0.3) is 0 Å². The van der Waals surface area contributed by atoms with Crippen LogP contribution in [0.1, 0.15) is 82.3 Å². The van der Waals surface area contributed by atoms with Gasteiger partial charge in [0, 0.05) is 24.0 Å². The van der Waals surface area contributed by atoms with Crippen LogP contribution < -0.4 is 15.4 Å². The van der Waals surface area contributed by atoms with Crippen molar-refractivity contribution in [1.29, 1.82) is 0 Å². The number of rotatable bonds is 9. The molecule has 33 heavy (non-hydrogen) atoms. The van der Waals surface area contributed by atoms with Crippen molar-refractivity contribution < 1.29 is 9.53 Å². The van der Waals surface area contributed by atoms with Crippen LogP contribution in [0, 0.1) is 23.2 Å². The second-order valence-corrected chi connectivity index (χ2v) is 11.4. The Morgan fingerprint density at radius 1 is 1.15 bits per heavy atom. The number of nitrogens with one attached hydrogen (secondary N) is 2. The third-order valence-electron chi connectivity index (χ3n) is 9.16. The summed E-state index contributed by atoms with van der Waals surface area (Å²) in [5.41, 5.74) is 2.82. The summed E-state index contributed by atoms with van der Waals surface area (Å²) in [6.45, 7) is 3.11. The van der Waals surface area contributed by atoms with E-state index in [9.17, 15) is 4.79 Å². The third-order valence-corrected chi connectivity index (χ3v) is 9.16. The van der Waals surface area contributed by atoms with Gasteiger partial charge in [0.05, 0.1) is 7.11 Å². The van der Waals surface area contributed by atoms with Crippen LogP contribution in [0.25, 0.3) is 0 Å². The molecule has 4 saturated carbocycles. The van der Waals surface area contributed by atoms with Crippen molar-refractivity contribution in [3.63, 3.8) is 0 Å². The molecule has 4 fully saturated rings. The first kappa shape index (κ1) is 24.9. The van der Waals surface area contributed by atoms with Gasteiger partial charge in [-0.1, -0.05) is 19.1 Å². The number of hydrogen-bond acceptors (Lipinski definition) is 3. The van der Waals surface area contributed by atoms with Crippen molar-refractivity contribution in [2.24, 2.45) is 23.2 Å². The van der Waals surface area contributed by atoms with Crippen LogP contribution in [-0.2, 0) is 17.6 Å². The monoisotopic (exact) mass is 474 g/mol. The number of benzene rings is 1. The number of aryl methyl sites for hydroxylation is 1. The van der Waals surface area contributed by atoms with Crippen molar-refractivity contribution >= 4 is 18.3 Å². The zero-order valence-corrected chi connectivity index (χ0v) is 21.4. The molecule has 2 N–H and O–H groups in total. The molecule has 0 saturated heterocycles. The van der Waals surface area contributed by atoms with E-state index in [1.54, 1.807) is 7.11 Å². The summed E-state index contributed by atoms with van der Waals surface area (Å²) in [4.78, 5) is 13.2. The maximum Gasteiger partial charge on any atom is 0.226 e. The molecule has 1 aromatic carbocycles. The number of methoxy groups -OCH3 is 1. The number of fused-ring (bicyclic) bond motifs is 1. The first-order chi connectivity index (χ1) is 15.6. The third kappa shape index (κ3) is 5.22. The number of halogens is 1. The minimum Gasteiger partial charge on any atom is -0.496 e. The molecule has 2 unspecified atom stereocenters. The minimum absolute atomic E-state index is 0. The lowest BCUT2D eigenvalue weighted by Gasteiger charge is -2.55. The average molecular weight is 475 g/mol. The van der Waals surface area contributed by atoms with E-state index in [1.807, 2.05) is 0 Å². The smallest absolute Gasteiger partial charge is 0.226 e. The van der Waals surface area contributed by atoms with Gasteiger partial charge in [-0.3, -0.25) is 4.79 Å². The maximum atomic E-state index is 13.2. The molecule has 1 aromatic rings. The lowest BCUT2D eigenvalue weighted by Crippen LogP contribution is -2.53. The van der Waals surface area contributed by atoms with Gasteiger partial charge in [-0.25, -0.2) is 0 Å². The van der Waals surface area contributed by atoms with Crippen LogP contribution in [0.15, 0.2) is 18.2 Å². The maximum absolute atomic E-state index is 13.2. The largest absolute Gasteiger partial charge is 0.496 e. The molecule has 184 valence electrons. The highest BCUT2D eigenvalue weighted by Gasteiger charge is 2.54. The number of hydrogen-bond donors (Lipinski definition) is 2. The van der Waals surface area contributed by atoms with Crippen LogP contribution >= 0.6 is 12.4 Å². The quantitative estimate of drug-likeness (QED) is 0.467. The Morgan fingerprint density at radius 2 is 1.85 bits per heavy atom. The average Bonchev–Trinajstić information content (AvgIpc) is 2.79. The van der Waals surface area contributed by atoms with E-state index in [2.05, 4.69) is 35.8 Å². The van der Waals surface area contributed by atoms with Gasteiger partial charge in [0.1, 0.15) is 5.75 Å². The van der Waals surface area contributed by atoms with E-state index >= 15 is 0 Å². The van der Waals surface area contributed by atoms with Crippen molar-refractivity contribution in [2.45, 2.75) is 96.1 Å². The van der Waals surface area contributed by atoms with Gasteiger partial charge in [0.2, 0.25) is 5.91 Å². The lowest BCUT2D eigenvalue weighted by molar-refractivity contribution is -0.146. The standard InChI is InChI=1S/C28H42N2O2.ClH/c1-3-23(30-24-10-9-22-6-4-8-26(32-2)25(22)15-24)7-5-11-29-27(31)28-16-19-12-20(17-28)14-21(13-19)18-28;/h4,6,8,19-21,23-24,30H,3,5,7,9-18H2,1-2H3,(H,29,31);1H. The summed E-state index contributed by atoms with van der Waals surface area (Å²) >= 11 is 0. The number of amides is 1. The fourth-order valence-corrected chi connectivity index (χ4v) is 7.95. The van der Waals surface area contributed by atoms with Crippen LogP contribution in [0.5, 0.6) is 5.75 Å². The molecular formula is C28H43ClN2O2. The van der Waals surface area contributed by atoms with E-state index in [0.717, 1.165) is 81.4 Å². The lowest BCUT2D eigenvalue weighted by atomic mass is 9.49. The topological polar surface area (TPSA) is 50.4 Å². The van der Waals surface area contributed by atoms with Crippen molar-refractivity contribution in [3.05, 3.63) is 29.3 Å². The summed E-state index contributed by atoms with van der Waals surface area (Å²) in [7, 11) is 1.78. The number of carbonyl (C=O) groups is 1. The summed E-state index contributed by atoms with van der Waals surface area (Å²) < 4.78 is 5.61. The van der Waals surface area contributed by atoms with Gasteiger partial charge in [-0.15, -0.1) is 12.4 Å². The summed E-state index contributed by atoms with van der Waals surface area (Å²) in [5.74, 6) is 3.92. The highest BCUT2D eigenvalue weighted by molar-refractivity contribution is 5.85. The number of ether oxygens (including phenoxy) is 1. The summed E-state index contributed by atoms with van der Waals surface area (Å²) in [5, 5.41) is 7.29. The number of carbonyl (C=O) groups excluding carboxylic acids is 1. The fourth-order valence-electron chi connectivity index (χ4n) is 7.95. The zero-order chi connectivity index (χ0) is 22.1. The first-order valence-corrected chi connectivity index (χ1v) is 13.3. The molecule has 5 aliphatic carbocycles. The molecule has 5 heteroatoms. The SMILES string of the molecule is CCC(CCCNC(=O)C12CC3CC(CC(C3)C1)C2)NC1CCc2cccc(OC)c2C1.Cl. The molecule has 0 radical (unpaired) electrons. The Balaban J connectivity index is 0.00000259. The Hall–Kier alpha value is -1.26. The fraction of sp³-hybridized carbons (Fsp3) is 0.750. The predicted molar refractivity (Wildman–Crippen MR) is 136 cm³/mol. The Labute approximate surface area is 206 Å². The molecule has 5 aliphatic rings. The minimum atomic E-state index is -0.00823. The van der Waals surface area contributed by atoms with E-state index in [0.29, 0.717) is 18.0 Å². The van der Waals surface area contributed by atoms with Crippen LogP contribution in [0.4, 0.5) is 0 Å².